The zero-order chi connectivity index (χ0) is 10.1. The van der Waals surface area contributed by atoms with Gasteiger partial charge < -0.3 is 9.57 Å². The van der Waals surface area contributed by atoms with Crippen LogP contribution in [0.4, 0.5) is 0 Å². The van der Waals surface area contributed by atoms with Crippen molar-refractivity contribution >= 4 is 5.97 Å². The normalized spacial score (nSPS) is 9.31. The fourth-order valence-corrected chi connectivity index (χ4v) is 0.789. The van der Waals surface area contributed by atoms with Gasteiger partial charge in [-0.3, -0.25) is 4.79 Å². The number of ether oxygens (including phenoxy) is 1. The van der Waals surface area contributed by atoms with E-state index >= 15 is 0 Å². The number of carbonyl (C=O) groups excluding carboxylic acids is 1. The van der Waals surface area contributed by atoms with Gasteiger partial charge in [-0.05, 0) is 12.8 Å². The number of nitrogens with zero attached hydrogens (tertiary/aromatic N) is 1. The number of hydrogen-bond donors (Lipinski definition) is 0. The Morgan fingerprint density at radius 1 is 1.38 bits per heavy atom. The van der Waals surface area contributed by atoms with Crippen LogP contribution >= 0.6 is 0 Å². The number of rotatable bonds is 7. The second kappa shape index (κ2) is 7.33. The minimum atomic E-state index is -0.819. The van der Waals surface area contributed by atoms with Gasteiger partial charge in [0.1, 0.15) is 0 Å². The van der Waals surface area contributed by atoms with Crippen LogP contribution in [0, 0.1) is 10.1 Å². The molecule has 0 atom stereocenters. The molecule has 0 aliphatic carbocycles. The molecule has 13 heavy (non-hydrogen) atoms. The molecule has 76 valence electrons. The standard InChI is InChI=1S/C7H13NO5/c1-12-7(9)5-3-2-4-6-13-8(10)11/h2-6H2,1H3. The molecule has 0 saturated carbocycles. The van der Waals surface area contributed by atoms with Crippen LogP contribution in [-0.2, 0) is 14.4 Å². The summed E-state index contributed by atoms with van der Waals surface area (Å²) in [6, 6.07) is 0. The highest BCUT2D eigenvalue weighted by Gasteiger charge is 1.99. The predicted octanol–water partition coefficient (Wildman–Crippen LogP) is 0.928. The first-order valence-corrected chi connectivity index (χ1v) is 4.01. The molecule has 0 aliphatic rings. The third kappa shape index (κ3) is 8.58. The van der Waals surface area contributed by atoms with Crippen LogP contribution in [0.3, 0.4) is 0 Å². The zero-order valence-corrected chi connectivity index (χ0v) is 7.52. The van der Waals surface area contributed by atoms with Crippen molar-refractivity contribution in [3.05, 3.63) is 10.1 Å². The van der Waals surface area contributed by atoms with E-state index in [-0.39, 0.29) is 12.6 Å². The van der Waals surface area contributed by atoms with Crippen molar-refractivity contribution in [3.63, 3.8) is 0 Å². The fraction of sp³-hybridized carbons (Fsp3) is 0.857. The van der Waals surface area contributed by atoms with Crippen LogP contribution in [0.5, 0.6) is 0 Å². The number of unbranched alkanes of at least 4 members (excludes halogenated alkanes) is 2. The Bertz CT molecular complexity index is 170. The molecule has 0 aromatic rings. The summed E-state index contributed by atoms with van der Waals surface area (Å²) < 4.78 is 4.42. The Morgan fingerprint density at radius 3 is 2.62 bits per heavy atom. The molecule has 0 fully saturated rings. The first-order valence-electron chi connectivity index (χ1n) is 4.01. The number of carbonyl (C=O) groups is 1. The van der Waals surface area contributed by atoms with E-state index in [4.69, 9.17) is 0 Å². The summed E-state index contributed by atoms with van der Waals surface area (Å²) in [4.78, 5) is 24.4. The smallest absolute Gasteiger partial charge is 0.305 e. The van der Waals surface area contributed by atoms with Crippen molar-refractivity contribution < 1.29 is 19.5 Å². The minimum Gasteiger partial charge on any atom is -0.469 e. The number of methoxy groups -OCH3 is 1. The summed E-state index contributed by atoms with van der Waals surface area (Å²) in [6.07, 6.45) is 2.34. The van der Waals surface area contributed by atoms with E-state index in [0.29, 0.717) is 19.3 Å². The maximum Gasteiger partial charge on any atom is 0.305 e. The molecule has 0 N–H and O–H groups in total. The van der Waals surface area contributed by atoms with Crippen molar-refractivity contribution in [1.29, 1.82) is 0 Å². The van der Waals surface area contributed by atoms with E-state index in [9.17, 15) is 14.9 Å². The van der Waals surface area contributed by atoms with Gasteiger partial charge in [-0.2, -0.15) is 0 Å². The molecule has 0 aliphatic heterocycles. The van der Waals surface area contributed by atoms with Crippen LogP contribution in [0.25, 0.3) is 0 Å². The van der Waals surface area contributed by atoms with Gasteiger partial charge in [-0.1, -0.05) is 6.42 Å². The molecule has 0 amide bonds. The van der Waals surface area contributed by atoms with Crippen molar-refractivity contribution in [3.8, 4) is 0 Å². The molecule has 6 nitrogen and oxygen atoms in total. The summed E-state index contributed by atoms with van der Waals surface area (Å²) in [5.41, 5.74) is 0. The average Bonchev–Trinajstić information content (AvgIpc) is 2.10. The largest absolute Gasteiger partial charge is 0.469 e. The Morgan fingerprint density at radius 2 is 2.08 bits per heavy atom. The topological polar surface area (TPSA) is 78.7 Å². The molecule has 0 saturated heterocycles. The first-order chi connectivity index (χ1) is 6.16. The minimum absolute atomic E-state index is 0.0914. The van der Waals surface area contributed by atoms with Gasteiger partial charge in [-0.15, -0.1) is 10.1 Å². The lowest BCUT2D eigenvalue weighted by atomic mass is 10.2. The van der Waals surface area contributed by atoms with Crippen LogP contribution in [0.15, 0.2) is 0 Å². The van der Waals surface area contributed by atoms with Gasteiger partial charge in [0.2, 0.25) is 0 Å². The van der Waals surface area contributed by atoms with Gasteiger partial charge in [0.25, 0.3) is 5.09 Å². The van der Waals surface area contributed by atoms with Gasteiger partial charge >= 0.3 is 5.97 Å². The molecule has 6 heteroatoms. The zero-order valence-electron chi connectivity index (χ0n) is 7.52. The molecule has 0 aromatic heterocycles. The highest BCUT2D eigenvalue weighted by Crippen LogP contribution is 2.00. The second-order valence-corrected chi connectivity index (χ2v) is 2.44. The molecule has 0 radical (unpaired) electrons. The van der Waals surface area contributed by atoms with Crippen LogP contribution < -0.4 is 0 Å². The molecule has 0 rings (SSSR count). The first kappa shape index (κ1) is 11.7. The maximum atomic E-state index is 10.6. The lowest BCUT2D eigenvalue weighted by Crippen LogP contribution is -2.03. The van der Waals surface area contributed by atoms with Crippen molar-refractivity contribution in [2.75, 3.05) is 13.7 Å². The van der Waals surface area contributed by atoms with Crippen molar-refractivity contribution in [2.45, 2.75) is 25.7 Å². The predicted molar refractivity (Wildman–Crippen MR) is 43.4 cm³/mol. The molecule has 0 spiro atoms. The quantitative estimate of drug-likeness (QED) is 0.259. The molecule has 0 heterocycles. The van der Waals surface area contributed by atoms with E-state index in [1.165, 1.54) is 7.11 Å². The summed E-state index contributed by atoms with van der Waals surface area (Å²) in [5, 5.41) is 8.88. The molecule has 0 bridgehead atoms. The summed E-state index contributed by atoms with van der Waals surface area (Å²) in [7, 11) is 1.33. The van der Waals surface area contributed by atoms with Gasteiger partial charge in [0.05, 0.1) is 13.7 Å². The highest BCUT2D eigenvalue weighted by atomic mass is 16.9. The SMILES string of the molecule is COC(=O)CCCCCO[N+](=O)[O-]. The Kier molecular flexibility index (Phi) is 6.58. The Hall–Kier alpha value is -1.33. The highest BCUT2D eigenvalue weighted by molar-refractivity contribution is 5.68. The van der Waals surface area contributed by atoms with E-state index in [1.54, 1.807) is 0 Å². The van der Waals surface area contributed by atoms with E-state index in [1.807, 2.05) is 0 Å². The molecular weight excluding hydrogens is 178 g/mol. The summed E-state index contributed by atoms with van der Waals surface area (Å²) >= 11 is 0. The average molecular weight is 191 g/mol. The van der Waals surface area contributed by atoms with Gasteiger partial charge in [0, 0.05) is 6.42 Å². The Labute approximate surface area is 75.9 Å². The summed E-state index contributed by atoms with van der Waals surface area (Å²) in [5.74, 6) is -0.254. The van der Waals surface area contributed by atoms with E-state index < -0.39 is 5.09 Å². The van der Waals surface area contributed by atoms with Crippen molar-refractivity contribution in [1.82, 2.24) is 0 Å². The molecule has 0 aromatic carbocycles. The number of esters is 1. The lowest BCUT2D eigenvalue weighted by Gasteiger charge is -1.99. The third-order valence-electron chi connectivity index (χ3n) is 1.45. The monoisotopic (exact) mass is 191 g/mol. The summed E-state index contributed by atoms with van der Waals surface area (Å²) in [6.45, 7) is 0.0914. The van der Waals surface area contributed by atoms with Gasteiger partial charge in [-0.25, -0.2) is 0 Å². The number of hydrogen-bond acceptors (Lipinski definition) is 5. The van der Waals surface area contributed by atoms with Crippen LogP contribution in [0.1, 0.15) is 25.7 Å². The van der Waals surface area contributed by atoms with Crippen LogP contribution in [0.2, 0.25) is 0 Å². The molecular formula is C7H13NO5. The van der Waals surface area contributed by atoms with Gasteiger partial charge in [0.15, 0.2) is 0 Å². The van der Waals surface area contributed by atoms with E-state index in [0.717, 1.165) is 6.42 Å². The van der Waals surface area contributed by atoms with Crippen LogP contribution in [-0.4, -0.2) is 24.8 Å². The third-order valence-corrected chi connectivity index (χ3v) is 1.45. The lowest BCUT2D eigenvalue weighted by molar-refractivity contribution is -0.757. The van der Waals surface area contributed by atoms with Crippen molar-refractivity contribution in [2.24, 2.45) is 0 Å². The van der Waals surface area contributed by atoms with E-state index in [2.05, 4.69) is 9.57 Å². The second-order valence-electron chi connectivity index (χ2n) is 2.44. The molecule has 0 unspecified atom stereocenters. The fourth-order valence-electron chi connectivity index (χ4n) is 0.789. The Balaban J connectivity index is 3.08. The maximum absolute atomic E-state index is 10.6.